The molecule has 2 aromatic carbocycles. The van der Waals surface area contributed by atoms with E-state index in [4.69, 9.17) is 9.47 Å². The molecule has 0 aliphatic carbocycles. The largest absolute Gasteiger partial charge is 0.501 e. The van der Waals surface area contributed by atoms with E-state index in [2.05, 4.69) is 20.9 Å². The van der Waals surface area contributed by atoms with Crippen LogP contribution >= 0.6 is 27.3 Å². The quantitative estimate of drug-likeness (QED) is 0.246. The molecule has 198 valence electrons. The number of esters is 1. The number of phenolic OH excluding ortho intramolecular Hbond substituents is 1. The summed E-state index contributed by atoms with van der Waals surface area (Å²) in [5.74, 6) is -0.435. The highest BCUT2D eigenvalue weighted by molar-refractivity contribution is 9.10. The first-order chi connectivity index (χ1) is 18.0. The molecule has 0 bridgehead atoms. The van der Waals surface area contributed by atoms with Gasteiger partial charge in [0.25, 0.3) is 5.56 Å². The monoisotopic (exact) mass is 601 g/mol. The lowest BCUT2D eigenvalue weighted by Crippen LogP contribution is -2.40. The Morgan fingerprint density at radius 2 is 2.00 bits per heavy atom. The number of nitro groups is 1. The number of aromatic nitrogens is 1. The molecule has 1 N–H and O–H groups in total. The second-order valence-corrected chi connectivity index (χ2v) is 10.5. The number of nitro benzene ring substituents is 1. The van der Waals surface area contributed by atoms with Crippen LogP contribution in [-0.4, -0.2) is 33.3 Å². The molecule has 0 unspecified atom stereocenters. The van der Waals surface area contributed by atoms with Crippen LogP contribution in [0.25, 0.3) is 6.08 Å². The van der Waals surface area contributed by atoms with Crippen LogP contribution in [-0.2, 0) is 9.53 Å². The summed E-state index contributed by atoms with van der Waals surface area (Å²) in [5.41, 5.74) is 0.728. The van der Waals surface area contributed by atoms with E-state index in [0.29, 0.717) is 34.0 Å². The molecule has 1 aliphatic rings. The van der Waals surface area contributed by atoms with Crippen LogP contribution in [0, 0.1) is 10.1 Å². The maximum Gasteiger partial charge on any atom is 0.338 e. The molecule has 0 spiro atoms. The van der Waals surface area contributed by atoms with E-state index in [1.165, 1.54) is 22.8 Å². The number of halogens is 1. The Bertz CT molecular complexity index is 1640. The van der Waals surface area contributed by atoms with Crippen LogP contribution in [0.15, 0.2) is 61.9 Å². The van der Waals surface area contributed by atoms with Gasteiger partial charge in [-0.25, -0.2) is 9.79 Å². The van der Waals surface area contributed by atoms with Crippen LogP contribution in [0.3, 0.4) is 0 Å². The van der Waals surface area contributed by atoms with Crippen molar-refractivity contribution in [2.75, 3.05) is 6.61 Å². The number of allylic oxidation sites excluding steroid dienone is 1. The third-order valence-corrected chi connectivity index (χ3v) is 7.24. The lowest BCUT2D eigenvalue weighted by Gasteiger charge is -2.25. The molecule has 1 aliphatic heterocycles. The van der Waals surface area contributed by atoms with Gasteiger partial charge in [-0.2, -0.15) is 0 Å². The summed E-state index contributed by atoms with van der Waals surface area (Å²) in [6, 6.07) is 8.95. The number of rotatable bonds is 7. The number of thiazole rings is 1. The van der Waals surface area contributed by atoms with Gasteiger partial charge in [0.15, 0.2) is 4.80 Å². The van der Waals surface area contributed by atoms with Gasteiger partial charge in [-0.1, -0.05) is 23.5 Å². The molecule has 10 nitrogen and oxygen atoms in total. The van der Waals surface area contributed by atoms with Crippen molar-refractivity contribution >= 4 is 45.0 Å². The van der Waals surface area contributed by atoms with E-state index in [-0.39, 0.29) is 20.7 Å². The first kappa shape index (κ1) is 27.3. The van der Waals surface area contributed by atoms with Crippen molar-refractivity contribution in [3.63, 3.8) is 0 Å². The minimum Gasteiger partial charge on any atom is -0.501 e. The van der Waals surface area contributed by atoms with Gasteiger partial charge in [0, 0.05) is 6.07 Å². The molecule has 4 rings (SSSR count). The molecule has 1 aromatic heterocycles. The molecule has 2 heterocycles. The predicted molar refractivity (Wildman–Crippen MR) is 145 cm³/mol. The van der Waals surface area contributed by atoms with Crippen molar-refractivity contribution in [1.29, 1.82) is 0 Å². The zero-order valence-corrected chi connectivity index (χ0v) is 23.3. The number of phenols is 1. The molecule has 0 saturated heterocycles. The Morgan fingerprint density at radius 1 is 1.32 bits per heavy atom. The van der Waals surface area contributed by atoms with Crippen LogP contribution in [0.4, 0.5) is 5.69 Å². The van der Waals surface area contributed by atoms with E-state index < -0.39 is 33.9 Å². The molecule has 0 radical (unpaired) electrons. The van der Waals surface area contributed by atoms with Gasteiger partial charge >= 0.3 is 11.7 Å². The summed E-state index contributed by atoms with van der Waals surface area (Å²) in [6.45, 7) is 7.54. The fraction of sp³-hybridized carbons (Fsp3) is 0.269. The molecule has 0 fully saturated rings. The average Bonchev–Trinajstić information content (AvgIpc) is 3.14. The minimum absolute atomic E-state index is 0.118. The molecule has 0 amide bonds. The van der Waals surface area contributed by atoms with Crippen molar-refractivity contribution in [3.05, 3.63) is 93.1 Å². The zero-order chi connectivity index (χ0) is 27.7. The fourth-order valence-electron chi connectivity index (χ4n) is 4.07. The van der Waals surface area contributed by atoms with Crippen LogP contribution in [0.2, 0.25) is 0 Å². The van der Waals surface area contributed by atoms with Crippen LogP contribution < -0.4 is 19.6 Å². The number of hydrogen-bond acceptors (Lipinski definition) is 9. The molecular weight excluding hydrogens is 578 g/mol. The Balaban J connectivity index is 1.93. The number of nitrogens with zero attached hydrogens (tertiary/aromatic N) is 3. The Labute approximate surface area is 229 Å². The van der Waals surface area contributed by atoms with Gasteiger partial charge in [-0.05, 0) is 79.0 Å². The SMILES string of the molecule is CCOc1ccc([C@@H]2C(C(=O)OC(C)C)=C(C)N=c3s/c(=C/c4cc(Br)c(O)c([N+](=O)[O-])c4)c(=O)n32)cc1. The number of carbonyl (C=O) groups excluding carboxylic acids is 1. The van der Waals surface area contributed by atoms with Crippen molar-refractivity contribution in [2.24, 2.45) is 4.99 Å². The highest BCUT2D eigenvalue weighted by Gasteiger charge is 2.34. The second-order valence-electron chi connectivity index (χ2n) is 8.67. The number of ether oxygens (including phenoxy) is 2. The Hall–Kier alpha value is -3.77. The molecular formula is C26H24BrN3O7S. The fourth-order valence-corrected chi connectivity index (χ4v) is 5.58. The number of aromatic hydroxyl groups is 1. The number of benzene rings is 2. The van der Waals surface area contributed by atoms with Crippen molar-refractivity contribution in [2.45, 2.75) is 39.8 Å². The molecule has 1 atom stereocenters. The van der Waals surface area contributed by atoms with Gasteiger partial charge in [-0.15, -0.1) is 0 Å². The lowest BCUT2D eigenvalue weighted by molar-refractivity contribution is -0.386. The van der Waals surface area contributed by atoms with Crippen molar-refractivity contribution in [1.82, 2.24) is 4.57 Å². The zero-order valence-electron chi connectivity index (χ0n) is 20.9. The Morgan fingerprint density at radius 3 is 2.61 bits per heavy atom. The predicted octanol–water partition coefficient (Wildman–Crippen LogP) is 3.96. The smallest absolute Gasteiger partial charge is 0.338 e. The maximum atomic E-state index is 13.7. The van der Waals surface area contributed by atoms with E-state index >= 15 is 0 Å². The molecule has 38 heavy (non-hydrogen) atoms. The summed E-state index contributed by atoms with van der Waals surface area (Å²) in [4.78, 5) is 42.5. The van der Waals surface area contributed by atoms with E-state index in [0.717, 1.165) is 11.3 Å². The third kappa shape index (κ3) is 5.27. The third-order valence-electron chi connectivity index (χ3n) is 5.65. The maximum absolute atomic E-state index is 13.7. The first-order valence-corrected chi connectivity index (χ1v) is 13.3. The summed E-state index contributed by atoms with van der Waals surface area (Å²) in [5, 5.41) is 21.3. The van der Waals surface area contributed by atoms with E-state index in [1.807, 2.05) is 6.92 Å². The highest BCUT2D eigenvalue weighted by Crippen LogP contribution is 2.35. The van der Waals surface area contributed by atoms with Crippen LogP contribution in [0.5, 0.6) is 11.5 Å². The van der Waals surface area contributed by atoms with Crippen molar-refractivity contribution < 1.29 is 24.3 Å². The number of carbonyl (C=O) groups is 1. The lowest BCUT2D eigenvalue weighted by atomic mass is 9.96. The summed E-state index contributed by atoms with van der Waals surface area (Å²) >= 11 is 4.21. The van der Waals surface area contributed by atoms with Gasteiger partial charge in [0.2, 0.25) is 5.75 Å². The van der Waals surface area contributed by atoms with Gasteiger partial charge < -0.3 is 14.6 Å². The average molecular weight is 602 g/mol. The van der Waals surface area contributed by atoms with Crippen LogP contribution in [0.1, 0.15) is 44.9 Å². The Kier molecular flexibility index (Phi) is 7.83. The standard InChI is InChI=1S/C26H24BrN3O7S/c1-5-36-17-8-6-16(7-9-17)22-21(25(33)37-13(2)3)14(4)28-26-29(22)24(32)20(38-26)12-15-10-18(27)23(31)19(11-15)30(34)35/h6-13,22,31H,5H2,1-4H3/b20-12+/t22-/m1/s1. The molecule has 0 saturated carbocycles. The normalized spacial score (nSPS) is 15.3. The van der Waals surface area contributed by atoms with Gasteiger partial charge in [0.05, 0.1) is 44.0 Å². The summed E-state index contributed by atoms with van der Waals surface area (Å²) in [7, 11) is 0. The van der Waals surface area contributed by atoms with Crippen molar-refractivity contribution in [3.8, 4) is 11.5 Å². The molecule has 12 heteroatoms. The second kappa shape index (κ2) is 10.9. The molecule has 3 aromatic rings. The summed E-state index contributed by atoms with van der Waals surface area (Å²) in [6.07, 6.45) is 1.11. The van der Waals surface area contributed by atoms with E-state index in [9.17, 15) is 24.8 Å². The first-order valence-electron chi connectivity index (χ1n) is 11.6. The van der Waals surface area contributed by atoms with Gasteiger partial charge in [0.1, 0.15) is 5.75 Å². The number of fused-ring (bicyclic) bond motifs is 1. The summed E-state index contributed by atoms with van der Waals surface area (Å²) < 4.78 is 12.8. The highest BCUT2D eigenvalue weighted by atomic mass is 79.9. The topological polar surface area (TPSA) is 133 Å². The number of hydrogen-bond donors (Lipinski definition) is 1. The van der Waals surface area contributed by atoms with E-state index in [1.54, 1.807) is 45.0 Å². The minimum atomic E-state index is -0.809. The van der Waals surface area contributed by atoms with Gasteiger partial charge in [-0.3, -0.25) is 19.5 Å².